The minimum Gasteiger partial charge on any atom is -0.408 e. The highest BCUT2D eigenvalue weighted by atomic mass is 32.2. The Bertz CT molecular complexity index is 1210. The van der Waals surface area contributed by atoms with Crippen molar-refractivity contribution in [3.8, 4) is 10.7 Å². The van der Waals surface area contributed by atoms with E-state index in [2.05, 4.69) is 21.7 Å². The van der Waals surface area contributed by atoms with Crippen molar-refractivity contribution < 1.29 is 9.34 Å². The lowest BCUT2D eigenvalue weighted by Gasteiger charge is -2.06. The number of aromatic nitrogens is 4. The van der Waals surface area contributed by atoms with Crippen molar-refractivity contribution in [2.24, 2.45) is 0 Å². The second-order valence-corrected chi connectivity index (χ2v) is 8.17. The summed E-state index contributed by atoms with van der Waals surface area (Å²) in [5, 5.41) is 22.4. The molecule has 3 aromatic heterocycles. The van der Waals surface area contributed by atoms with Gasteiger partial charge in [-0.3, -0.25) is 14.7 Å². The lowest BCUT2D eigenvalue weighted by molar-refractivity contribution is -0.384. The van der Waals surface area contributed by atoms with Crippen LogP contribution in [-0.2, 0) is 13.1 Å². The van der Waals surface area contributed by atoms with Crippen LogP contribution in [0.15, 0.2) is 50.1 Å². The Balaban J connectivity index is 1.45. The Labute approximate surface area is 173 Å². The van der Waals surface area contributed by atoms with Gasteiger partial charge in [0.1, 0.15) is 0 Å². The Kier molecular flexibility index (Phi) is 5.49. The van der Waals surface area contributed by atoms with Crippen molar-refractivity contribution in [3.05, 3.63) is 56.4 Å². The van der Waals surface area contributed by atoms with Gasteiger partial charge in [0.2, 0.25) is 0 Å². The molecule has 4 aromatic rings. The summed E-state index contributed by atoms with van der Waals surface area (Å²) in [5.74, 6) is 1.06. The van der Waals surface area contributed by atoms with Gasteiger partial charge in [-0.1, -0.05) is 17.8 Å². The molecule has 11 heteroatoms. The van der Waals surface area contributed by atoms with Crippen LogP contribution in [0, 0.1) is 10.1 Å². The third-order valence-electron chi connectivity index (χ3n) is 4.39. The van der Waals surface area contributed by atoms with Crippen LogP contribution >= 0.6 is 23.1 Å². The first-order valence-electron chi connectivity index (χ1n) is 8.96. The Hall–Kier alpha value is -2.92. The molecular formula is C18H17N5O4S2. The number of non-ortho nitro benzene ring substituents is 1. The van der Waals surface area contributed by atoms with Crippen LogP contribution in [-0.4, -0.2) is 30.0 Å². The third kappa shape index (κ3) is 3.83. The van der Waals surface area contributed by atoms with E-state index in [1.807, 2.05) is 17.5 Å². The summed E-state index contributed by atoms with van der Waals surface area (Å²) in [4.78, 5) is 23.7. The first-order chi connectivity index (χ1) is 14.1. The topological polar surface area (TPSA) is 109 Å². The molecule has 0 aliphatic rings. The predicted molar refractivity (Wildman–Crippen MR) is 111 cm³/mol. The second kappa shape index (κ2) is 8.21. The van der Waals surface area contributed by atoms with E-state index < -0.39 is 10.7 Å². The number of rotatable bonds is 8. The molecule has 0 unspecified atom stereocenters. The van der Waals surface area contributed by atoms with E-state index in [1.165, 1.54) is 22.8 Å². The van der Waals surface area contributed by atoms with Gasteiger partial charge < -0.3 is 8.98 Å². The number of thiophene rings is 1. The van der Waals surface area contributed by atoms with Gasteiger partial charge in [-0.25, -0.2) is 4.79 Å². The minimum atomic E-state index is -0.512. The standard InChI is InChI=1S/C18H17N5O4S2/c1-2-21-16(15-5-3-9-28-15)19-20-17(21)29-10-4-8-22-13-11-12(23(25)26)6-7-14(13)27-18(22)24/h3,5-7,9,11H,2,4,8,10H2,1H3. The number of nitro benzene ring substituents is 1. The van der Waals surface area contributed by atoms with Crippen molar-refractivity contribution in [2.45, 2.75) is 31.6 Å². The van der Waals surface area contributed by atoms with Crippen LogP contribution in [0.1, 0.15) is 13.3 Å². The smallest absolute Gasteiger partial charge is 0.408 e. The van der Waals surface area contributed by atoms with Gasteiger partial charge in [0.05, 0.1) is 15.3 Å². The van der Waals surface area contributed by atoms with Gasteiger partial charge >= 0.3 is 5.76 Å². The monoisotopic (exact) mass is 431 g/mol. The summed E-state index contributed by atoms with van der Waals surface area (Å²) in [7, 11) is 0. The van der Waals surface area contributed by atoms with E-state index >= 15 is 0 Å². The Morgan fingerprint density at radius 1 is 1.28 bits per heavy atom. The fourth-order valence-corrected chi connectivity index (χ4v) is 4.67. The number of fused-ring (bicyclic) bond motifs is 1. The van der Waals surface area contributed by atoms with Crippen molar-refractivity contribution >= 4 is 39.9 Å². The average molecular weight is 431 g/mol. The highest BCUT2D eigenvalue weighted by Crippen LogP contribution is 2.27. The number of hydrogen-bond acceptors (Lipinski definition) is 8. The van der Waals surface area contributed by atoms with Crippen LogP contribution in [0.2, 0.25) is 0 Å². The number of benzene rings is 1. The molecule has 29 heavy (non-hydrogen) atoms. The zero-order valence-corrected chi connectivity index (χ0v) is 17.1. The summed E-state index contributed by atoms with van der Waals surface area (Å²) in [6, 6.07) is 8.16. The quantitative estimate of drug-likeness (QED) is 0.179. The molecule has 0 N–H and O–H groups in total. The van der Waals surface area contributed by atoms with Crippen molar-refractivity contribution in [1.82, 2.24) is 19.3 Å². The van der Waals surface area contributed by atoms with E-state index in [0.717, 1.165) is 28.2 Å². The molecule has 4 rings (SSSR count). The van der Waals surface area contributed by atoms with Gasteiger partial charge in [0, 0.05) is 31.0 Å². The SMILES string of the molecule is CCn1c(SCCCn2c(=O)oc3ccc([N+](=O)[O-])cc32)nnc1-c1cccs1. The highest BCUT2D eigenvalue weighted by molar-refractivity contribution is 7.99. The molecule has 0 atom stereocenters. The number of nitrogens with zero attached hydrogens (tertiary/aromatic N) is 5. The molecule has 0 bridgehead atoms. The fourth-order valence-electron chi connectivity index (χ4n) is 3.03. The van der Waals surface area contributed by atoms with E-state index in [0.29, 0.717) is 24.1 Å². The Morgan fingerprint density at radius 3 is 2.86 bits per heavy atom. The molecule has 0 aliphatic heterocycles. The molecule has 9 nitrogen and oxygen atoms in total. The molecule has 0 amide bonds. The maximum absolute atomic E-state index is 12.1. The summed E-state index contributed by atoms with van der Waals surface area (Å²) in [6.07, 6.45) is 0.673. The molecule has 0 aliphatic carbocycles. The van der Waals surface area contributed by atoms with E-state index in [-0.39, 0.29) is 5.69 Å². The highest BCUT2D eigenvalue weighted by Gasteiger charge is 2.16. The lowest BCUT2D eigenvalue weighted by atomic mass is 10.3. The summed E-state index contributed by atoms with van der Waals surface area (Å²) < 4.78 is 8.69. The molecular weight excluding hydrogens is 414 g/mol. The largest absolute Gasteiger partial charge is 0.419 e. The molecule has 1 aromatic carbocycles. The molecule has 0 fully saturated rings. The summed E-state index contributed by atoms with van der Waals surface area (Å²) in [6.45, 7) is 3.21. The fraction of sp³-hybridized carbons (Fsp3) is 0.278. The van der Waals surface area contributed by atoms with Crippen LogP contribution in [0.5, 0.6) is 0 Å². The summed E-state index contributed by atoms with van der Waals surface area (Å²) >= 11 is 3.19. The zero-order valence-electron chi connectivity index (χ0n) is 15.5. The van der Waals surface area contributed by atoms with Gasteiger partial charge in [0.15, 0.2) is 16.6 Å². The summed E-state index contributed by atoms with van der Waals surface area (Å²) in [5.41, 5.74) is 0.712. The zero-order chi connectivity index (χ0) is 20.4. The van der Waals surface area contributed by atoms with Gasteiger partial charge in [-0.2, -0.15) is 0 Å². The molecule has 0 saturated carbocycles. The second-order valence-electron chi connectivity index (χ2n) is 6.16. The van der Waals surface area contributed by atoms with Crippen LogP contribution < -0.4 is 5.76 Å². The van der Waals surface area contributed by atoms with Crippen LogP contribution in [0.4, 0.5) is 5.69 Å². The van der Waals surface area contributed by atoms with Crippen LogP contribution in [0.25, 0.3) is 21.8 Å². The maximum atomic E-state index is 12.1. The minimum absolute atomic E-state index is 0.0708. The molecule has 0 radical (unpaired) electrons. The number of aryl methyl sites for hydroxylation is 1. The van der Waals surface area contributed by atoms with Crippen LogP contribution in [0.3, 0.4) is 0 Å². The van der Waals surface area contributed by atoms with Gasteiger partial charge in [-0.15, -0.1) is 21.5 Å². The molecule has 3 heterocycles. The van der Waals surface area contributed by atoms with Gasteiger partial charge in [-0.05, 0) is 30.9 Å². The lowest BCUT2D eigenvalue weighted by Crippen LogP contribution is -2.14. The molecule has 0 spiro atoms. The van der Waals surface area contributed by atoms with E-state index in [9.17, 15) is 14.9 Å². The number of thioether (sulfide) groups is 1. The van der Waals surface area contributed by atoms with Crippen molar-refractivity contribution in [2.75, 3.05) is 5.75 Å². The third-order valence-corrected chi connectivity index (χ3v) is 6.31. The molecule has 0 saturated heterocycles. The molecule has 150 valence electrons. The first kappa shape index (κ1) is 19.4. The van der Waals surface area contributed by atoms with Crippen molar-refractivity contribution in [1.29, 1.82) is 0 Å². The normalized spacial score (nSPS) is 11.3. The average Bonchev–Trinajstić information content (AvgIpc) is 3.43. The van der Waals surface area contributed by atoms with E-state index in [4.69, 9.17) is 4.42 Å². The van der Waals surface area contributed by atoms with Crippen molar-refractivity contribution in [3.63, 3.8) is 0 Å². The first-order valence-corrected chi connectivity index (χ1v) is 10.8. The number of oxazole rings is 1. The van der Waals surface area contributed by atoms with E-state index in [1.54, 1.807) is 23.1 Å². The Morgan fingerprint density at radius 2 is 2.14 bits per heavy atom. The predicted octanol–water partition coefficient (Wildman–Crippen LogP) is 4.03. The van der Waals surface area contributed by atoms with Gasteiger partial charge in [0.25, 0.3) is 5.69 Å². The number of nitro groups is 1. The number of hydrogen-bond donors (Lipinski definition) is 0. The maximum Gasteiger partial charge on any atom is 0.419 e.